The van der Waals surface area contributed by atoms with Gasteiger partial charge in [0.05, 0.1) is 0 Å². The zero-order valence-electron chi connectivity index (χ0n) is 15.3. The number of rotatable bonds is 3. The summed E-state index contributed by atoms with van der Waals surface area (Å²) in [6, 6.07) is 1.58. The molecule has 0 aromatic heterocycles. The Morgan fingerprint density at radius 1 is 1.19 bits per heavy atom. The number of phenolic OH excluding ortho intramolecular Hbond substituents is 2. The van der Waals surface area contributed by atoms with E-state index in [1.807, 2.05) is 4.72 Å². The lowest BCUT2D eigenvalue weighted by Crippen LogP contribution is -2.39. The van der Waals surface area contributed by atoms with Crippen molar-refractivity contribution in [1.29, 1.82) is 0 Å². The third-order valence-electron chi connectivity index (χ3n) is 7.15. The number of benzene rings is 1. The number of aromatic hydroxyl groups is 2. The lowest BCUT2D eigenvalue weighted by molar-refractivity contribution is 0.0587. The predicted octanol–water partition coefficient (Wildman–Crippen LogP) is 3.19. The van der Waals surface area contributed by atoms with E-state index in [0.29, 0.717) is 17.3 Å². The lowest BCUT2D eigenvalue weighted by Gasteiger charge is -2.49. The fourth-order valence-corrected chi connectivity index (χ4v) is 6.36. The molecule has 2 fully saturated rings. The second-order valence-corrected chi connectivity index (χ2v) is 9.87. The largest absolute Gasteiger partial charge is 0.504 e. The molecule has 3 aliphatic rings. The average Bonchev–Trinajstić information content (AvgIpc) is 3.00. The molecule has 0 heterocycles. The zero-order chi connectivity index (χ0) is 18.7. The highest BCUT2D eigenvalue weighted by Gasteiger charge is 2.51. The molecule has 3 aliphatic carbocycles. The zero-order valence-corrected chi connectivity index (χ0v) is 16.1. The molecule has 0 bridgehead atoms. The number of phenols is 2. The molecule has 0 spiro atoms. The summed E-state index contributed by atoms with van der Waals surface area (Å²) in [6.07, 6.45) is 7.79. The van der Waals surface area contributed by atoms with Crippen LogP contribution in [-0.2, 0) is 16.7 Å². The molecule has 0 aliphatic heterocycles. The second kappa shape index (κ2) is 6.02. The Morgan fingerprint density at radius 3 is 2.69 bits per heavy atom. The number of nitrogens with one attached hydrogen (secondary N) is 1. The number of hydrogen-bond acceptors (Lipinski definition) is 5. The number of fused-ring (bicyclic) bond motifs is 5. The molecule has 4 rings (SSSR count). The highest BCUT2D eigenvalue weighted by molar-refractivity contribution is 7.85. The maximum Gasteiger partial charge on any atom is 0.382 e. The molecule has 26 heavy (non-hydrogen) atoms. The van der Waals surface area contributed by atoms with Gasteiger partial charge in [-0.15, -0.1) is 0 Å². The van der Waals surface area contributed by atoms with E-state index in [2.05, 4.69) is 6.92 Å². The summed E-state index contributed by atoms with van der Waals surface area (Å²) < 4.78 is 30.3. The van der Waals surface area contributed by atoms with Gasteiger partial charge in [-0.1, -0.05) is 13.3 Å². The third kappa shape index (κ3) is 2.67. The maximum atomic E-state index is 11.7. The Bertz CT molecular complexity index is 837. The summed E-state index contributed by atoms with van der Waals surface area (Å²) in [5.41, 5.74) is 2.12. The Hall–Kier alpha value is -1.47. The minimum atomic E-state index is -4.00. The van der Waals surface area contributed by atoms with Crippen molar-refractivity contribution in [3.8, 4) is 17.2 Å². The molecular weight excluding hydrogens is 354 g/mol. The van der Waals surface area contributed by atoms with Gasteiger partial charge in [0.15, 0.2) is 11.5 Å². The normalized spacial score (nSPS) is 33.2. The number of hydrogen-bond donors (Lipinski definition) is 3. The van der Waals surface area contributed by atoms with Crippen LogP contribution in [0.5, 0.6) is 17.2 Å². The van der Waals surface area contributed by atoms with Crippen LogP contribution in [0.2, 0.25) is 0 Å². The predicted molar refractivity (Wildman–Crippen MR) is 97.6 cm³/mol. The molecule has 6 nitrogen and oxygen atoms in total. The molecule has 1 aromatic rings. The Labute approximate surface area is 154 Å². The molecule has 0 saturated heterocycles. The highest BCUT2D eigenvalue weighted by Crippen LogP contribution is 2.62. The summed E-state index contributed by atoms with van der Waals surface area (Å²) in [4.78, 5) is 0. The van der Waals surface area contributed by atoms with E-state index in [1.54, 1.807) is 6.07 Å². The van der Waals surface area contributed by atoms with Crippen molar-refractivity contribution in [2.75, 3.05) is 7.05 Å². The van der Waals surface area contributed by atoms with E-state index < -0.39 is 16.1 Å². The van der Waals surface area contributed by atoms with Crippen molar-refractivity contribution in [3.63, 3.8) is 0 Å². The van der Waals surface area contributed by atoms with Gasteiger partial charge in [0.1, 0.15) is 0 Å². The highest BCUT2D eigenvalue weighted by atomic mass is 32.2. The standard InChI is InChI=1S/C19H27NO5S/c1-19-8-3-4-14(19)12-6-5-11-10-15(25-26(23,24)20-2)17(21)18(22)16(11)13(12)7-9-19/h10,12-14,20-22H,3-9H2,1-2H3/t12?,13?,14?,19-/m0/s1. The topological polar surface area (TPSA) is 95.9 Å². The summed E-state index contributed by atoms with van der Waals surface area (Å²) in [6.45, 7) is 2.41. The maximum absolute atomic E-state index is 11.7. The smallest absolute Gasteiger partial charge is 0.382 e. The van der Waals surface area contributed by atoms with Crippen LogP contribution in [0.3, 0.4) is 0 Å². The molecule has 3 N–H and O–H groups in total. The molecule has 144 valence electrons. The monoisotopic (exact) mass is 381 g/mol. The van der Waals surface area contributed by atoms with Crippen LogP contribution in [0.25, 0.3) is 0 Å². The van der Waals surface area contributed by atoms with E-state index in [9.17, 15) is 18.6 Å². The van der Waals surface area contributed by atoms with E-state index >= 15 is 0 Å². The van der Waals surface area contributed by atoms with Crippen LogP contribution >= 0.6 is 0 Å². The van der Waals surface area contributed by atoms with Crippen LogP contribution < -0.4 is 8.91 Å². The molecule has 0 amide bonds. The Morgan fingerprint density at radius 2 is 1.96 bits per heavy atom. The quantitative estimate of drug-likeness (QED) is 0.699. The molecule has 0 radical (unpaired) electrons. The Balaban J connectivity index is 1.73. The first-order valence-corrected chi connectivity index (χ1v) is 10.9. The SMILES string of the molecule is CNS(=O)(=O)Oc1cc2c(c(O)c1O)C1CC[C@]3(C)CCCC3C1CC2. The van der Waals surface area contributed by atoms with Crippen molar-refractivity contribution < 1.29 is 22.8 Å². The minimum absolute atomic E-state index is 0.208. The summed E-state index contributed by atoms with van der Waals surface area (Å²) >= 11 is 0. The van der Waals surface area contributed by atoms with Gasteiger partial charge < -0.3 is 14.4 Å². The first-order valence-electron chi connectivity index (χ1n) is 9.46. The molecule has 1 aromatic carbocycles. The van der Waals surface area contributed by atoms with Gasteiger partial charge >= 0.3 is 10.3 Å². The van der Waals surface area contributed by atoms with Gasteiger partial charge in [-0.05, 0) is 73.3 Å². The van der Waals surface area contributed by atoms with E-state index in [1.165, 1.54) is 26.3 Å². The molecule has 4 atom stereocenters. The van der Waals surface area contributed by atoms with Crippen LogP contribution in [-0.4, -0.2) is 25.7 Å². The van der Waals surface area contributed by atoms with Gasteiger partial charge in [0.25, 0.3) is 0 Å². The van der Waals surface area contributed by atoms with Crippen molar-refractivity contribution in [2.45, 2.75) is 57.8 Å². The fourth-order valence-electron chi connectivity index (χ4n) is 5.91. The van der Waals surface area contributed by atoms with Gasteiger partial charge in [-0.25, -0.2) is 0 Å². The van der Waals surface area contributed by atoms with Crippen LogP contribution in [0.15, 0.2) is 6.07 Å². The Kier molecular flexibility index (Phi) is 4.15. The average molecular weight is 381 g/mol. The van der Waals surface area contributed by atoms with Gasteiger partial charge in [0.2, 0.25) is 5.75 Å². The van der Waals surface area contributed by atoms with E-state index in [-0.39, 0.29) is 17.4 Å². The summed E-state index contributed by atoms with van der Waals surface area (Å²) in [5.74, 6) is 0.535. The third-order valence-corrected chi connectivity index (χ3v) is 8.05. The fraction of sp³-hybridized carbons (Fsp3) is 0.684. The molecule has 3 unspecified atom stereocenters. The minimum Gasteiger partial charge on any atom is -0.504 e. The first-order chi connectivity index (χ1) is 12.3. The van der Waals surface area contributed by atoms with Crippen LogP contribution in [0, 0.1) is 17.3 Å². The second-order valence-electron chi connectivity index (χ2n) is 8.39. The van der Waals surface area contributed by atoms with Crippen LogP contribution in [0.4, 0.5) is 0 Å². The van der Waals surface area contributed by atoms with Crippen molar-refractivity contribution >= 4 is 10.3 Å². The summed E-state index contributed by atoms with van der Waals surface area (Å²) in [7, 11) is -2.77. The first kappa shape index (κ1) is 17.9. The van der Waals surface area contributed by atoms with E-state index in [0.717, 1.165) is 36.8 Å². The molecule has 2 saturated carbocycles. The van der Waals surface area contributed by atoms with Crippen molar-refractivity contribution in [2.24, 2.45) is 17.3 Å². The lowest BCUT2D eigenvalue weighted by atomic mass is 9.56. The van der Waals surface area contributed by atoms with Gasteiger partial charge in [-0.2, -0.15) is 13.1 Å². The van der Waals surface area contributed by atoms with E-state index in [4.69, 9.17) is 4.18 Å². The van der Waals surface area contributed by atoms with Crippen molar-refractivity contribution in [3.05, 3.63) is 17.2 Å². The van der Waals surface area contributed by atoms with Gasteiger partial charge in [0, 0.05) is 12.6 Å². The van der Waals surface area contributed by atoms with Crippen LogP contribution in [0.1, 0.15) is 62.5 Å². The molecule has 7 heteroatoms. The van der Waals surface area contributed by atoms with Crippen molar-refractivity contribution in [1.82, 2.24) is 4.72 Å². The summed E-state index contributed by atoms with van der Waals surface area (Å²) in [5, 5.41) is 21.1. The number of aryl methyl sites for hydroxylation is 1. The van der Waals surface area contributed by atoms with Gasteiger partial charge in [-0.3, -0.25) is 0 Å². The molecular formula is C19H27NO5S.